The van der Waals surface area contributed by atoms with Gasteiger partial charge in [-0.2, -0.15) is 0 Å². The van der Waals surface area contributed by atoms with Crippen molar-refractivity contribution in [2.24, 2.45) is 11.8 Å². The van der Waals surface area contributed by atoms with Crippen molar-refractivity contribution in [3.63, 3.8) is 0 Å². The van der Waals surface area contributed by atoms with Gasteiger partial charge in [0.15, 0.2) is 11.6 Å². The summed E-state index contributed by atoms with van der Waals surface area (Å²) in [5.74, 6) is 0.307. The largest absolute Gasteiger partial charge is 0.444 e. The third kappa shape index (κ3) is 4.53. The molecule has 1 aromatic heterocycles. The number of ketones is 1. The van der Waals surface area contributed by atoms with E-state index in [4.69, 9.17) is 21.3 Å². The van der Waals surface area contributed by atoms with Crippen molar-refractivity contribution in [3.8, 4) is 11.3 Å². The lowest BCUT2D eigenvalue weighted by atomic mass is 9.58. The Morgan fingerprint density at radius 1 is 1.21 bits per heavy atom. The minimum absolute atomic E-state index is 0.0537. The van der Waals surface area contributed by atoms with E-state index >= 15 is 0 Å². The molecule has 2 aromatic rings. The fraction of sp³-hybridized carbons (Fsp3) is 0.452. The van der Waals surface area contributed by atoms with Crippen LogP contribution in [0.1, 0.15) is 64.5 Å². The average molecular weight is 511 g/mol. The molecule has 5 rings (SSSR count). The van der Waals surface area contributed by atoms with Crippen LogP contribution in [-0.2, 0) is 21.4 Å². The molecule has 2 heterocycles. The van der Waals surface area contributed by atoms with Gasteiger partial charge in [0.25, 0.3) is 0 Å². The van der Waals surface area contributed by atoms with Crippen LogP contribution in [-0.4, -0.2) is 45.4 Å². The first-order valence-corrected chi connectivity index (χ1v) is 13.3. The van der Waals surface area contributed by atoms with Crippen LogP contribution in [0.2, 0.25) is 0 Å². The summed E-state index contributed by atoms with van der Waals surface area (Å²) in [6.45, 7) is 18.2. The second kappa shape index (κ2) is 9.50. The fourth-order valence-corrected chi connectivity index (χ4v) is 6.11. The second-order valence-electron chi connectivity index (χ2n) is 11.7. The number of rotatable bonds is 2. The van der Waals surface area contributed by atoms with Crippen LogP contribution in [0.5, 0.6) is 0 Å². The van der Waals surface area contributed by atoms with E-state index in [9.17, 15) is 9.59 Å². The van der Waals surface area contributed by atoms with Gasteiger partial charge < -0.3 is 14.4 Å². The van der Waals surface area contributed by atoms with E-state index in [0.717, 1.165) is 40.9 Å². The zero-order valence-corrected chi connectivity index (χ0v) is 22.7. The van der Waals surface area contributed by atoms with E-state index in [1.165, 1.54) is 0 Å². The molecular weight excluding hydrogens is 476 g/mol. The van der Waals surface area contributed by atoms with Gasteiger partial charge in [-0.3, -0.25) is 0 Å². The molecule has 196 valence electrons. The van der Waals surface area contributed by atoms with E-state index in [0.29, 0.717) is 25.3 Å². The molecule has 1 aromatic carbocycles. The highest BCUT2D eigenvalue weighted by Crippen LogP contribution is 2.51. The summed E-state index contributed by atoms with van der Waals surface area (Å²) in [5.41, 5.74) is 3.76. The summed E-state index contributed by atoms with van der Waals surface area (Å²) < 4.78 is 5.63. The van der Waals surface area contributed by atoms with Crippen molar-refractivity contribution in [3.05, 3.63) is 76.7 Å². The maximum Gasteiger partial charge on any atom is 0.410 e. The summed E-state index contributed by atoms with van der Waals surface area (Å²) in [6, 6.07) is 10.1. The lowest BCUT2D eigenvalue weighted by Crippen LogP contribution is -2.46. The Morgan fingerprint density at radius 2 is 1.95 bits per heavy atom. The molecule has 7 heteroatoms. The Morgan fingerprint density at radius 3 is 2.63 bits per heavy atom. The van der Waals surface area contributed by atoms with E-state index in [1.807, 2.05) is 52.0 Å². The van der Waals surface area contributed by atoms with Gasteiger partial charge in [-0.1, -0.05) is 56.3 Å². The van der Waals surface area contributed by atoms with Gasteiger partial charge in [0.2, 0.25) is 5.70 Å². The third-order valence-corrected chi connectivity index (χ3v) is 7.96. The highest BCUT2D eigenvalue weighted by Gasteiger charge is 2.49. The van der Waals surface area contributed by atoms with Crippen molar-refractivity contribution >= 4 is 17.4 Å². The number of nitrogens with zero attached hydrogens (tertiary/aromatic N) is 4. The predicted octanol–water partition coefficient (Wildman–Crippen LogP) is 6.01. The number of hydrogen-bond acceptors (Lipinski definition) is 5. The second-order valence-corrected chi connectivity index (χ2v) is 11.7. The molecule has 1 amide bonds. The van der Waals surface area contributed by atoms with E-state index in [-0.39, 0.29) is 29.4 Å². The van der Waals surface area contributed by atoms with Gasteiger partial charge in [-0.15, -0.1) is 0 Å². The van der Waals surface area contributed by atoms with Gasteiger partial charge in [0, 0.05) is 34.6 Å². The van der Waals surface area contributed by atoms with Gasteiger partial charge in [0.05, 0.1) is 24.5 Å². The Hall–Kier alpha value is -3.79. The standard InChI is InChI=1S/C31H34N4O3/c1-19-23-15-14-22-25(20-11-8-7-9-12-20)33-28(34-27(22)31(23,5)17-24(32-6)26(19)36)21-13-10-16-35(18-21)29(37)38-30(2,3)4/h7-9,11-13,17,19,23H,10,14-16,18H2,1-5H3/t19-,23-,31-/m1/s1. The summed E-state index contributed by atoms with van der Waals surface area (Å²) in [6.07, 6.45) is 5.88. The zero-order chi connectivity index (χ0) is 27.2. The highest BCUT2D eigenvalue weighted by atomic mass is 16.6. The summed E-state index contributed by atoms with van der Waals surface area (Å²) in [7, 11) is 0. The number of carbonyl (C=O) groups excluding carboxylic acids is 2. The third-order valence-electron chi connectivity index (χ3n) is 7.96. The molecule has 3 atom stereocenters. The van der Waals surface area contributed by atoms with Crippen molar-refractivity contribution in [2.45, 2.75) is 64.9 Å². The van der Waals surface area contributed by atoms with E-state index in [1.54, 1.807) is 4.90 Å². The smallest absolute Gasteiger partial charge is 0.410 e. The van der Waals surface area contributed by atoms with Crippen molar-refractivity contribution < 1.29 is 14.3 Å². The van der Waals surface area contributed by atoms with E-state index in [2.05, 4.69) is 30.0 Å². The van der Waals surface area contributed by atoms with Crippen LogP contribution in [0.3, 0.4) is 0 Å². The molecule has 7 nitrogen and oxygen atoms in total. The topological polar surface area (TPSA) is 76.8 Å². The number of Topliss-reactive ketones (excluding diaryl/α,β-unsaturated/α-hetero) is 1. The lowest BCUT2D eigenvalue weighted by molar-refractivity contribution is -0.121. The summed E-state index contributed by atoms with van der Waals surface area (Å²) >= 11 is 0. The monoisotopic (exact) mass is 510 g/mol. The Kier molecular flexibility index (Phi) is 6.46. The minimum atomic E-state index is -0.577. The number of allylic oxidation sites excluding steroid dienone is 2. The maximum atomic E-state index is 12.9. The van der Waals surface area contributed by atoms with Gasteiger partial charge in [-0.05, 0) is 46.0 Å². The van der Waals surface area contributed by atoms with Crippen molar-refractivity contribution in [2.75, 3.05) is 13.1 Å². The van der Waals surface area contributed by atoms with Crippen LogP contribution in [0.25, 0.3) is 21.7 Å². The minimum Gasteiger partial charge on any atom is -0.444 e. The summed E-state index contributed by atoms with van der Waals surface area (Å²) in [5, 5.41) is 0. The first-order chi connectivity index (χ1) is 18.0. The Labute approximate surface area is 224 Å². The normalized spacial score (nSPS) is 24.9. The Bertz CT molecular complexity index is 1400. The summed E-state index contributed by atoms with van der Waals surface area (Å²) in [4.78, 5) is 41.3. The molecule has 0 radical (unpaired) electrons. The SMILES string of the molecule is [C-]#[N+]C1=C[C@@]2(C)c3nc(C4=CCCN(C(=O)OC(C)(C)C)C4)nc(-c4ccccc4)c3CC[C@@H]2[C@@H](C)C1=O. The average Bonchev–Trinajstić information content (AvgIpc) is 2.90. The van der Waals surface area contributed by atoms with Crippen LogP contribution >= 0.6 is 0 Å². The maximum absolute atomic E-state index is 12.9. The molecule has 0 saturated carbocycles. The molecule has 3 aliphatic rings. The number of hydrogen-bond donors (Lipinski definition) is 0. The van der Waals surface area contributed by atoms with Crippen LogP contribution < -0.4 is 0 Å². The number of ether oxygens (including phenoxy) is 1. The highest BCUT2D eigenvalue weighted by molar-refractivity contribution is 6.00. The predicted molar refractivity (Wildman–Crippen MR) is 146 cm³/mol. The number of fused-ring (bicyclic) bond motifs is 3. The van der Waals surface area contributed by atoms with Gasteiger partial charge in [-0.25, -0.2) is 19.6 Å². The first-order valence-electron chi connectivity index (χ1n) is 13.3. The number of aromatic nitrogens is 2. The van der Waals surface area contributed by atoms with Crippen molar-refractivity contribution in [1.82, 2.24) is 14.9 Å². The van der Waals surface area contributed by atoms with Crippen LogP contribution in [0, 0.1) is 18.4 Å². The number of amides is 1. The fourth-order valence-electron chi connectivity index (χ4n) is 6.11. The Balaban J connectivity index is 1.64. The number of carbonyl (C=O) groups is 2. The van der Waals surface area contributed by atoms with Gasteiger partial charge in [0.1, 0.15) is 5.60 Å². The molecule has 1 aliphatic heterocycles. The molecule has 38 heavy (non-hydrogen) atoms. The molecule has 0 unspecified atom stereocenters. The van der Waals surface area contributed by atoms with Crippen LogP contribution in [0.15, 0.2) is 48.2 Å². The molecule has 0 spiro atoms. The molecule has 0 bridgehead atoms. The lowest BCUT2D eigenvalue weighted by Gasteiger charge is -2.46. The first kappa shape index (κ1) is 25.8. The molecule has 0 fully saturated rings. The molecular formula is C31H34N4O3. The molecule has 2 aliphatic carbocycles. The van der Waals surface area contributed by atoms with Crippen LogP contribution in [0.4, 0.5) is 4.79 Å². The van der Waals surface area contributed by atoms with E-state index < -0.39 is 11.0 Å². The molecule has 0 N–H and O–H groups in total. The number of benzene rings is 1. The van der Waals surface area contributed by atoms with Crippen molar-refractivity contribution in [1.29, 1.82) is 0 Å². The van der Waals surface area contributed by atoms with Gasteiger partial charge >= 0.3 is 6.09 Å². The molecule has 0 saturated heterocycles. The zero-order valence-electron chi connectivity index (χ0n) is 22.7. The quantitative estimate of drug-likeness (QED) is 0.463.